The van der Waals surface area contributed by atoms with Gasteiger partial charge in [0.05, 0.1) is 17.6 Å². The van der Waals surface area contributed by atoms with Gasteiger partial charge in [-0.05, 0) is 92.1 Å². The maximum absolute atomic E-state index is 15.6. The molecule has 2 fully saturated rings. The summed E-state index contributed by atoms with van der Waals surface area (Å²) >= 11 is 0. The number of rotatable bonds is 7. The third-order valence-electron chi connectivity index (χ3n) is 10.9. The van der Waals surface area contributed by atoms with Crippen molar-refractivity contribution >= 4 is 34.8 Å². The number of anilines is 4. The molecule has 8 rings (SSSR count). The molecule has 1 N–H and O–H groups in total. The van der Waals surface area contributed by atoms with Gasteiger partial charge >= 0.3 is 5.97 Å². The van der Waals surface area contributed by atoms with Crippen molar-refractivity contribution in [1.82, 2.24) is 19.0 Å². The average Bonchev–Trinajstić information content (AvgIpc) is 3.78. The predicted molar refractivity (Wildman–Crippen MR) is 190 cm³/mol. The summed E-state index contributed by atoms with van der Waals surface area (Å²) in [6.07, 6.45) is 7.56. The Labute approximate surface area is 290 Å². The first-order valence-corrected chi connectivity index (χ1v) is 17.5. The zero-order valence-corrected chi connectivity index (χ0v) is 28.7. The molecule has 2 unspecified atom stereocenters. The summed E-state index contributed by atoms with van der Waals surface area (Å²) in [6.45, 7) is 6.33. The number of benzene rings is 1. The molecule has 12 heteroatoms. The summed E-state index contributed by atoms with van der Waals surface area (Å²) in [6, 6.07) is 10.2. The first-order valence-electron chi connectivity index (χ1n) is 17.5. The predicted octanol–water partition coefficient (Wildman–Crippen LogP) is 4.73. The maximum Gasteiger partial charge on any atom is 0.302 e. The Kier molecular flexibility index (Phi) is 8.21. The third kappa shape index (κ3) is 5.85. The number of carbonyl (C=O) groups excluding carboxylic acids is 2. The van der Waals surface area contributed by atoms with Crippen LogP contribution in [0.5, 0.6) is 0 Å². The minimum absolute atomic E-state index is 0.176. The second-order valence-corrected chi connectivity index (χ2v) is 14.3. The lowest BCUT2D eigenvalue weighted by Gasteiger charge is -2.32. The van der Waals surface area contributed by atoms with Gasteiger partial charge in [-0.3, -0.25) is 14.4 Å². The van der Waals surface area contributed by atoms with Crippen molar-refractivity contribution in [1.29, 1.82) is 0 Å². The lowest BCUT2D eigenvalue weighted by atomic mass is 9.97. The number of halogens is 1. The van der Waals surface area contributed by atoms with Gasteiger partial charge in [0.2, 0.25) is 0 Å². The van der Waals surface area contributed by atoms with E-state index < -0.39 is 11.8 Å². The summed E-state index contributed by atoms with van der Waals surface area (Å²) in [7, 11) is 3.81. The molecule has 0 saturated carbocycles. The minimum Gasteiger partial charge on any atom is -0.461 e. The summed E-state index contributed by atoms with van der Waals surface area (Å²) in [5.41, 5.74) is 5.81. The van der Waals surface area contributed by atoms with E-state index in [0.29, 0.717) is 58.8 Å². The van der Waals surface area contributed by atoms with E-state index in [1.807, 2.05) is 24.4 Å². The molecule has 2 atom stereocenters. The smallest absolute Gasteiger partial charge is 0.302 e. The molecule has 50 heavy (non-hydrogen) atoms. The minimum atomic E-state index is -0.548. The molecule has 6 heterocycles. The van der Waals surface area contributed by atoms with Crippen LogP contribution in [0.3, 0.4) is 0 Å². The van der Waals surface area contributed by atoms with Gasteiger partial charge in [0.15, 0.2) is 0 Å². The van der Waals surface area contributed by atoms with Crippen LogP contribution in [0.15, 0.2) is 53.6 Å². The fourth-order valence-corrected chi connectivity index (χ4v) is 8.49. The van der Waals surface area contributed by atoms with Crippen molar-refractivity contribution in [2.24, 2.45) is 18.9 Å². The van der Waals surface area contributed by atoms with Crippen LogP contribution < -0.4 is 20.7 Å². The largest absolute Gasteiger partial charge is 0.461 e. The van der Waals surface area contributed by atoms with Gasteiger partial charge in [-0.2, -0.15) is 0 Å². The van der Waals surface area contributed by atoms with Crippen LogP contribution in [0, 0.1) is 17.7 Å². The highest BCUT2D eigenvalue weighted by molar-refractivity contribution is 6.07. The van der Waals surface area contributed by atoms with Crippen LogP contribution in [-0.4, -0.2) is 70.7 Å². The van der Waals surface area contributed by atoms with Crippen molar-refractivity contribution in [3.8, 4) is 11.1 Å². The molecule has 1 aliphatic carbocycles. The van der Waals surface area contributed by atoms with E-state index in [9.17, 15) is 14.4 Å². The molecule has 3 aromatic heterocycles. The highest BCUT2D eigenvalue weighted by atomic mass is 19.1. The Morgan fingerprint density at radius 3 is 2.52 bits per heavy atom. The van der Waals surface area contributed by atoms with Gasteiger partial charge in [0.1, 0.15) is 29.6 Å². The summed E-state index contributed by atoms with van der Waals surface area (Å²) in [5, 5.41) is 3.17. The van der Waals surface area contributed by atoms with E-state index in [0.717, 1.165) is 57.5 Å². The zero-order chi connectivity index (χ0) is 34.7. The molecule has 260 valence electrons. The lowest BCUT2D eigenvalue weighted by Crippen LogP contribution is -2.41. The van der Waals surface area contributed by atoms with Gasteiger partial charge in [0.25, 0.3) is 11.5 Å². The molecular weight excluding hydrogens is 637 g/mol. The fraction of sp³-hybridized carbons (Fsp3) is 0.421. The molecule has 2 saturated heterocycles. The van der Waals surface area contributed by atoms with Crippen LogP contribution in [0.1, 0.15) is 47.1 Å². The molecule has 1 amide bonds. The number of ether oxygens (including phenoxy) is 1. The monoisotopic (exact) mass is 679 g/mol. The number of hydrogen-bond acceptors (Lipinski definition) is 8. The van der Waals surface area contributed by atoms with E-state index in [1.165, 1.54) is 34.9 Å². The second-order valence-electron chi connectivity index (χ2n) is 14.3. The summed E-state index contributed by atoms with van der Waals surface area (Å²) < 4.78 is 24.6. The van der Waals surface area contributed by atoms with E-state index >= 15 is 4.39 Å². The molecule has 1 aromatic carbocycles. The zero-order valence-electron chi connectivity index (χ0n) is 28.7. The number of aromatic nitrogens is 3. The van der Waals surface area contributed by atoms with E-state index in [1.54, 1.807) is 24.2 Å². The first-order chi connectivity index (χ1) is 24.1. The number of likely N-dealkylation sites (tertiary alicyclic amines) is 1. The molecule has 4 aliphatic rings. The maximum atomic E-state index is 15.6. The Morgan fingerprint density at radius 2 is 1.78 bits per heavy atom. The third-order valence-corrected chi connectivity index (χ3v) is 10.9. The lowest BCUT2D eigenvalue weighted by molar-refractivity contribution is -0.142. The molecule has 3 aliphatic heterocycles. The van der Waals surface area contributed by atoms with Crippen molar-refractivity contribution in [3.05, 3.63) is 87.5 Å². The molecule has 0 bridgehead atoms. The van der Waals surface area contributed by atoms with Crippen LogP contribution >= 0.6 is 0 Å². The van der Waals surface area contributed by atoms with E-state index in [-0.39, 0.29) is 23.8 Å². The van der Waals surface area contributed by atoms with Crippen LogP contribution in [0.25, 0.3) is 11.1 Å². The van der Waals surface area contributed by atoms with Crippen molar-refractivity contribution < 1.29 is 18.7 Å². The quantitative estimate of drug-likeness (QED) is 0.280. The topological polar surface area (TPSA) is 105 Å². The number of fused-ring (bicyclic) bond motifs is 4. The first kappa shape index (κ1) is 32.2. The van der Waals surface area contributed by atoms with Gasteiger partial charge < -0.3 is 33.9 Å². The molecule has 0 radical (unpaired) electrons. The summed E-state index contributed by atoms with van der Waals surface area (Å²) in [4.78, 5) is 50.4. The second kappa shape index (κ2) is 12.7. The van der Waals surface area contributed by atoms with Gasteiger partial charge in [0, 0.05) is 76.3 Å². The van der Waals surface area contributed by atoms with Crippen LogP contribution in [0.2, 0.25) is 0 Å². The SMILES string of the molecule is CC(=O)OCc1c(-c2cc(Nc3ccc(N4CC5CN(C)CC5C4)cn3)c(=O)n(C)c2)cc(F)cc1N1CCn2c(cc3c2CCCC3)C1=O. The molecule has 0 spiro atoms. The van der Waals surface area contributed by atoms with Crippen molar-refractivity contribution in [2.75, 3.05) is 54.9 Å². The summed E-state index contributed by atoms with van der Waals surface area (Å²) in [5.74, 6) is 0.581. The fourth-order valence-electron chi connectivity index (χ4n) is 8.49. The number of nitrogens with zero attached hydrogens (tertiary/aromatic N) is 6. The average molecular weight is 680 g/mol. The highest BCUT2D eigenvalue weighted by Crippen LogP contribution is 2.38. The Hall–Kier alpha value is -4.97. The number of hydrogen-bond donors (Lipinski definition) is 1. The van der Waals surface area contributed by atoms with Gasteiger partial charge in [-0.1, -0.05) is 0 Å². The van der Waals surface area contributed by atoms with E-state index in [4.69, 9.17) is 4.74 Å². The van der Waals surface area contributed by atoms with E-state index in [2.05, 4.69) is 31.7 Å². The molecular formula is C38H42FN7O4. The van der Waals surface area contributed by atoms with Gasteiger partial charge in [-0.15, -0.1) is 0 Å². The van der Waals surface area contributed by atoms with Crippen molar-refractivity contribution in [2.45, 2.75) is 45.8 Å². The number of amides is 1. The van der Waals surface area contributed by atoms with Crippen LogP contribution in [-0.2, 0) is 42.6 Å². The number of aryl methyl sites for hydroxylation is 2. The highest BCUT2D eigenvalue weighted by Gasteiger charge is 2.39. The Bertz CT molecular complexity index is 2040. The van der Waals surface area contributed by atoms with Crippen LogP contribution in [0.4, 0.5) is 27.3 Å². The normalized spacial score (nSPS) is 20.1. The number of esters is 1. The number of pyridine rings is 2. The molecule has 4 aromatic rings. The molecule has 11 nitrogen and oxygen atoms in total. The number of nitrogens with one attached hydrogen (secondary N) is 1. The van der Waals surface area contributed by atoms with Crippen molar-refractivity contribution in [3.63, 3.8) is 0 Å². The Balaban J connectivity index is 1.11. The van der Waals surface area contributed by atoms with Gasteiger partial charge in [-0.25, -0.2) is 9.37 Å². The standard InChI is InChI=1S/C38H42FN7O4/c1-23(47)50-22-31-30(14-28(39)15-34(31)46-11-10-45-33-7-5-4-6-24(33)13-35(45)38(46)49)25-12-32(37(48)43(3)19-25)41-36-9-8-29(16-40-36)44-20-26-17-42(2)18-27(26)21-44/h8-9,12-16,19,26-27H,4-7,10-11,17-18,20-22H2,1-3H3,(H,40,41). The Morgan fingerprint density at radius 1 is 1.00 bits per heavy atom. The number of carbonyl (C=O) groups is 2.